The van der Waals surface area contributed by atoms with Crippen LogP contribution in [0, 0.1) is 0 Å². The molecule has 2 rings (SSSR count). The van der Waals surface area contributed by atoms with Gasteiger partial charge in [-0.1, -0.05) is 6.07 Å². The Kier molecular flexibility index (Phi) is 1.75. The molecule has 0 aliphatic carbocycles. The van der Waals surface area contributed by atoms with E-state index >= 15 is 0 Å². The van der Waals surface area contributed by atoms with Crippen LogP contribution in [0.4, 0.5) is 11.4 Å². The van der Waals surface area contributed by atoms with Crippen LogP contribution in [-0.4, -0.2) is 13.2 Å². The molecule has 0 spiro atoms. The molecule has 1 aliphatic rings. The van der Waals surface area contributed by atoms with Crippen molar-refractivity contribution in [2.45, 2.75) is 0 Å². The molecule has 0 amide bonds. The van der Waals surface area contributed by atoms with Gasteiger partial charge in [-0.25, -0.2) is 0 Å². The maximum atomic E-state index is 5.44. The van der Waals surface area contributed by atoms with Gasteiger partial charge >= 0.3 is 0 Å². The van der Waals surface area contributed by atoms with Crippen LogP contribution in [0.25, 0.3) is 0 Å². The number of benzene rings is 1. The van der Waals surface area contributed by atoms with Gasteiger partial charge in [0.1, 0.15) is 6.61 Å². The average Bonchev–Trinajstić information content (AvgIpc) is 2.17. The Balaban J connectivity index is 2.44. The zero-order valence-corrected chi connectivity index (χ0v) is 6.63. The number of hydrogen-bond donors (Lipinski definition) is 3. The molecular formula is C8H11N3O. The first-order valence-electron chi connectivity index (χ1n) is 3.88. The highest BCUT2D eigenvalue weighted by Gasteiger charge is 2.12. The van der Waals surface area contributed by atoms with Gasteiger partial charge in [0, 0.05) is 6.54 Å². The third-order valence-corrected chi connectivity index (χ3v) is 1.83. The predicted octanol–water partition coefficient (Wildman–Crippen LogP) is 0.776. The minimum absolute atomic E-state index is 0.686. The van der Waals surface area contributed by atoms with Crippen molar-refractivity contribution in [2.75, 3.05) is 23.9 Å². The van der Waals surface area contributed by atoms with Gasteiger partial charge in [0.15, 0.2) is 5.75 Å². The largest absolute Gasteiger partial charge is 0.487 e. The molecule has 64 valence electrons. The monoisotopic (exact) mass is 165 g/mol. The molecule has 0 fully saturated rings. The van der Waals surface area contributed by atoms with Crippen LogP contribution in [0.3, 0.4) is 0 Å². The molecule has 1 aromatic carbocycles. The van der Waals surface area contributed by atoms with E-state index in [4.69, 9.17) is 10.6 Å². The van der Waals surface area contributed by atoms with Crippen LogP contribution in [0.5, 0.6) is 5.75 Å². The van der Waals surface area contributed by atoms with Gasteiger partial charge in [0.25, 0.3) is 0 Å². The maximum absolute atomic E-state index is 5.44. The van der Waals surface area contributed by atoms with E-state index in [0.717, 1.165) is 23.7 Å². The zero-order chi connectivity index (χ0) is 8.39. The standard InChI is InChI=1S/C8H11N3O/c9-11-7-3-1-2-6-8(7)12-5-4-10-6/h1-3,10-11H,4-5,9H2. The topological polar surface area (TPSA) is 59.3 Å². The smallest absolute Gasteiger partial charge is 0.166 e. The third-order valence-electron chi connectivity index (χ3n) is 1.83. The van der Waals surface area contributed by atoms with Crippen molar-refractivity contribution in [2.24, 2.45) is 5.84 Å². The van der Waals surface area contributed by atoms with E-state index in [2.05, 4.69) is 10.7 Å². The lowest BCUT2D eigenvalue weighted by atomic mass is 10.2. The Morgan fingerprint density at radius 3 is 3.25 bits per heavy atom. The molecule has 4 heteroatoms. The van der Waals surface area contributed by atoms with Crippen molar-refractivity contribution in [3.63, 3.8) is 0 Å². The summed E-state index contributed by atoms with van der Waals surface area (Å²) in [6.07, 6.45) is 0. The molecule has 4 N–H and O–H groups in total. The fourth-order valence-electron chi connectivity index (χ4n) is 1.28. The summed E-state index contributed by atoms with van der Waals surface area (Å²) in [6, 6.07) is 5.77. The number of para-hydroxylation sites is 1. The Hall–Kier alpha value is -1.42. The molecule has 0 atom stereocenters. The summed E-state index contributed by atoms with van der Waals surface area (Å²) in [4.78, 5) is 0. The van der Waals surface area contributed by atoms with E-state index in [1.807, 2.05) is 18.2 Å². The highest BCUT2D eigenvalue weighted by Crippen LogP contribution is 2.34. The summed E-state index contributed by atoms with van der Waals surface area (Å²) in [6.45, 7) is 1.53. The molecule has 1 aliphatic heterocycles. The molecule has 0 saturated heterocycles. The summed E-state index contributed by atoms with van der Waals surface area (Å²) < 4.78 is 5.44. The highest BCUT2D eigenvalue weighted by atomic mass is 16.5. The van der Waals surface area contributed by atoms with Crippen LogP contribution in [-0.2, 0) is 0 Å². The van der Waals surface area contributed by atoms with Gasteiger partial charge in [-0.15, -0.1) is 0 Å². The van der Waals surface area contributed by atoms with Crippen molar-refractivity contribution in [1.82, 2.24) is 0 Å². The number of nitrogen functional groups attached to an aromatic ring is 1. The van der Waals surface area contributed by atoms with Gasteiger partial charge in [0.2, 0.25) is 0 Å². The first-order valence-corrected chi connectivity index (χ1v) is 3.88. The molecule has 1 heterocycles. The first kappa shape index (κ1) is 7.24. The summed E-state index contributed by atoms with van der Waals surface area (Å²) in [5, 5.41) is 3.22. The summed E-state index contributed by atoms with van der Waals surface area (Å²) in [5.74, 6) is 6.13. The lowest BCUT2D eigenvalue weighted by Crippen LogP contribution is -2.20. The van der Waals surface area contributed by atoms with E-state index in [-0.39, 0.29) is 0 Å². The summed E-state index contributed by atoms with van der Waals surface area (Å²) in [7, 11) is 0. The quantitative estimate of drug-likeness (QED) is 0.425. The number of ether oxygens (including phenoxy) is 1. The molecule has 1 aromatic rings. The van der Waals surface area contributed by atoms with E-state index in [9.17, 15) is 0 Å². The number of rotatable bonds is 1. The number of anilines is 2. The van der Waals surface area contributed by atoms with Crippen LogP contribution in [0.1, 0.15) is 0 Å². The van der Waals surface area contributed by atoms with Crippen LogP contribution < -0.4 is 21.3 Å². The van der Waals surface area contributed by atoms with Crippen molar-refractivity contribution >= 4 is 11.4 Å². The number of hydrazine groups is 1. The normalized spacial score (nSPS) is 14.1. The Labute approximate surface area is 70.7 Å². The van der Waals surface area contributed by atoms with Gasteiger partial charge in [0.05, 0.1) is 11.4 Å². The molecule has 0 saturated carbocycles. The molecule has 0 unspecified atom stereocenters. The SMILES string of the molecule is NNc1cccc2c1OCCN2. The number of nitrogens with two attached hydrogens (primary N) is 1. The molecule has 0 radical (unpaired) electrons. The van der Waals surface area contributed by atoms with E-state index in [1.54, 1.807) is 0 Å². The van der Waals surface area contributed by atoms with Crippen molar-refractivity contribution in [3.8, 4) is 5.75 Å². The lowest BCUT2D eigenvalue weighted by molar-refractivity contribution is 0.325. The van der Waals surface area contributed by atoms with E-state index in [0.29, 0.717) is 6.61 Å². The minimum Gasteiger partial charge on any atom is -0.487 e. The van der Waals surface area contributed by atoms with Crippen LogP contribution in [0.2, 0.25) is 0 Å². The van der Waals surface area contributed by atoms with Gasteiger partial charge < -0.3 is 15.5 Å². The van der Waals surface area contributed by atoms with Gasteiger partial charge in [-0.2, -0.15) is 0 Å². The molecular weight excluding hydrogens is 154 g/mol. The first-order chi connectivity index (χ1) is 5.92. The Bertz CT molecular complexity index is 273. The zero-order valence-electron chi connectivity index (χ0n) is 6.63. The minimum atomic E-state index is 0.686. The highest BCUT2D eigenvalue weighted by molar-refractivity contribution is 5.71. The fourth-order valence-corrected chi connectivity index (χ4v) is 1.28. The van der Waals surface area contributed by atoms with Crippen LogP contribution in [0.15, 0.2) is 18.2 Å². The second kappa shape index (κ2) is 2.91. The van der Waals surface area contributed by atoms with Gasteiger partial charge in [-0.05, 0) is 12.1 Å². The Morgan fingerprint density at radius 2 is 2.42 bits per heavy atom. The fraction of sp³-hybridized carbons (Fsp3) is 0.250. The molecule has 4 nitrogen and oxygen atoms in total. The average molecular weight is 165 g/mol. The van der Waals surface area contributed by atoms with Gasteiger partial charge in [-0.3, -0.25) is 5.84 Å². The van der Waals surface area contributed by atoms with Crippen molar-refractivity contribution in [1.29, 1.82) is 0 Å². The number of nitrogens with one attached hydrogen (secondary N) is 2. The van der Waals surface area contributed by atoms with E-state index in [1.165, 1.54) is 0 Å². The van der Waals surface area contributed by atoms with E-state index < -0.39 is 0 Å². The third kappa shape index (κ3) is 1.06. The predicted molar refractivity (Wildman–Crippen MR) is 48.2 cm³/mol. The second-order valence-electron chi connectivity index (χ2n) is 2.60. The Morgan fingerprint density at radius 1 is 1.50 bits per heavy atom. The van der Waals surface area contributed by atoms with Crippen LogP contribution >= 0.6 is 0 Å². The number of hydrogen-bond acceptors (Lipinski definition) is 4. The molecule has 12 heavy (non-hydrogen) atoms. The van der Waals surface area contributed by atoms with Crippen molar-refractivity contribution < 1.29 is 4.74 Å². The molecule has 0 aromatic heterocycles. The number of fused-ring (bicyclic) bond motifs is 1. The summed E-state index contributed by atoms with van der Waals surface area (Å²) >= 11 is 0. The molecule has 0 bridgehead atoms. The second-order valence-corrected chi connectivity index (χ2v) is 2.60. The lowest BCUT2D eigenvalue weighted by Gasteiger charge is -2.21. The maximum Gasteiger partial charge on any atom is 0.166 e. The summed E-state index contributed by atoms with van der Waals surface area (Å²) in [5.41, 5.74) is 4.41. The van der Waals surface area contributed by atoms with Crippen molar-refractivity contribution in [3.05, 3.63) is 18.2 Å².